The third-order valence-electron chi connectivity index (χ3n) is 6.04. The first-order valence-electron chi connectivity index (χ1n) is 11.2. The van der Waals surface area contributed by atoms with E-state index in [-0.39, 0.29) is 41.4 Å². The Morgan fingerprint density at radius 2 is 1.74 bits per heavy atom. The van der Waals surface area contributed by atoms with Crippen LogP contribution in [0.15, 0.2) is 47.4 Å². The number of hydrogen-bond donors (Lipinski definition) is 0. The molecule has 0 spiro atoms. The van der Waals surface area contributed by atoms with Crippen molar-refractivity contribution in [1.29, 1.82) is 0 Å². The van der Waals surface area contributed by atoms with E-state index in [0.717, 1.165) is 32.4 Å². The van der Waals surface area contributed by atoms with Gasteiger partial charge in [0.15, 0.2) is 0 Å². The normalized spacial score (nSPS) is 17.4. The van der Waals surface area contributed by atoms with Crippen molar-refractivity contribution < 1.29 is 27.6 Å². The maximum Gasteiger partial charge on any atom is 0.340 e. The van der Waals surface area contributed by atoms with Gasteiger partial charge in [0.25, 0.3) is 5.69 Å². The summed E-state index contributed by atoms with van der Waals surface area (Å²) in [5.74, 6) is -0.724. The van der Waals surface area contributed by atoms with Crippen LogP contribution < -0.4 is 4.90 Å². The van der Waals surface area contributed by atoms with Crippen molar-refractivity contribution in [1.82, 2.24) is 4.31 Å². The highest BCUT2D eigenvalue weighted by Crippen LogP contribution is 2.30. The van der Waals surface area contributed by atoms with Gasteiger partial charge in [-0.05, 0) is 43.5 Å². The molecule has 182 valence electrons. The number of benzene rings is 2. The molecule has 0 unspecified atom stereocenters. The van der Waals surface area contributed by atoms with Gasteiger partial charge in [-0.25, -0.2) is 13.2 Å². The first-order chi connectivity index (χ1) is 16.4. The molecule has 0 bridgehead atoms. The number of piperidine rings is 1. The molecule has 0 atom stereocenters. The molecule has 11 heteroatoms. The highest BCUT2D eigenvalue weighted by Gasteiger charge is 2.29. The summed E-state index contributed by atoms with van der Waals surface area (Å²) < 4.78 is 38.4. The molecule has 34 heavy (non-hydrogen) atoms. The molecular formula is C23H27N3O7S. The minimum Gasteiger partial charge on any atom is -0.457 e. The molecule has 0 N–H and O–H groups in total. The Morgan fingerprint density at radius 3 is 2.44 bits per heavy atom. The van der Waals surface area contributed by atoms with Gasteiger partial charge in [0.2, 0.25) is 10.0 Å². The SMILES string of the molecule is O=C(OCc1ccccc1[N+](=O)[O-])c1cc(S(=O)(=O)N2CCOCC2)ccc1N1CCCCC1. The number of carbonyl (C=O) groups excluding carboxylic acids is 1. The number of anilines is 1. The Morgan fingerprint density at radius 1 is 1.03 bits per heavy atom. The molecule has 2 aliphatic heterocycles. The van der Waals surface area contributed by atoms with Crippen molar-refractivity contribution in [3.8, 4) is 0 Å². The third-order valence-corrected chi connectivity index (χ3v) is 7.93. The molecule has 0 amide bonds. The maximum atomic E-state index is 13.2. The van der Waals surface area contributed by atoms with Crippen LogP contribution in [0.5, 0.6) is 0 Å². The van der Waals surface area contributed by atoms with E-state index in [1.165, 1.54) is 34.6 Å². The van der Waals surface area contributed by atoms with Crippen LogP contribution in [0.1, 0.15) is 35.2 Å². The van der Waals surface area contributed by atoms with E-state index in [2.05, 4.69) is 4.90 Å². The van der Waals surface area contributed by atoms with E-state index in [0.29, 0.717) is 18.9 Å². The molecule has 2 aromatic carbocycles. The highest BCUT2D eigenvalue weighted by atomic mass is 32.2. The summed E-state index contributed by atoms with van der Waals surface area (Å²) in [6.45, 7) is 2.32. The summed E-state index contributed by atoms with van der Waals surface area (Å²) in [5, 5.41) is 11.3. The highest BCUT2D eigenvalue weighted by molar-refractivity contribution is 7.89. The lowest BCUT2D eigenvalue weighted by atomic mass is 10.1. The van der Waals surface area contributed by atoms with Crippen molar-refractivity contribution in [3.05, 3.63) is 63.7 Å². The largest absolute Gasteiger partial charge is 0.457 e. The zero-order chi connectivity index (χ0) is 24.1. The quantitative estimate of drug-likeness (QED) is 0.331. The van der Waals surface area contributed by atoms with Crippen LogP contribution in [0.25, 0.3) is 0 Å². The van der Waals surface area contributed by atoms with E-state index in [1.807, 2.05) is 0 Å². The lowest BCUT2D eigenvalue weighted by Gasteiger charge is -2.31. The zero-order valence-electron chi connectivity index (χ0n) is 18.7. The van der Waals surface area contributed by atoms with Crippen molar-refractivity contribution in [2.45, 2.75) is 30.8 Å². The maximum absolute atomic E-state index is 13.2. The van der Waals surface area contributed by atoms with E-state index < -0.39 is 20.9 Å². The molecular weight excluding hydrogens is 462 g/mol. The predicted molar refractivity (Wildman–Crippen MR) is 124 cm³/mol. The second-order valence-corrected chi connectivity index (χ2v) is 10.1. The van der Waals surface area contributed by atoms with Crippen molar-refractivity contribution in [2.75, 3.05) is 44.3 Å². The van der Waals surface area contributed by atoms with Gasteiger partial charge in [0, 0.05) is 32.2 Å². The summed E-state index contributed by atoms with van der Waals surface area (Å²) in [7, 11) is -3.81. The average molecular weight is 490 g/mol. The standard InChI is InChI=1S/C23H27N3O7S/c27-23(33-17-18-6-2-3-7-21(18)26(28)29)20-16-19(34(30,31)25-12-14-32-15-13-25)8-9-22(20)24-10-4-1-5-11-24/h2-3,6-9,16H,1,4-5,10-15,17H2. The molecule has 2 heterocycles. The molecule has 0 saturated carbocycles. The summed E-state index contributed by atoms with van der Waals surface area (Å²) in [5.41, 5.74) is 0.857. The third kappa shape index (κ3) is 5.21. The smallest absolute Gasteiger partial charge is 0.340 e. The lowest BCUT2D eigenvalue weighted by molar-refractivity contribution is -0.385. The first-order valence-corrected chi connectivity index (χ1v) is 12.7. The second-order valence-electron chi connectivity index (χ2n) is 8.21. The van der Waals surface area contributed by atoms with Crippen LogP contribution in [0, 0.1) is 10.1 Å². The monoisotopic (exact) mass is 489 g/mol. The molecule has 2 aliphatic rings. The lowest BCUT2D eigenvalue weighted by Crippen LogP contribution is -2.40. The summed E-state index contributed by atoms with van der Waals surface area (Å²) in [6, 6.07) is 10.6. The molecule has 0 aliphatic carbocycles. The minimum absolute atomic E-state index is 0.00722. The van der Waals surface area contributed by atoms with Crippen molar-refractivity contribution in [2.24, 2.45) is 0 Å². The number of ether oxygens (including phenoxy) is 2. The van der Waals surface area contributed by atoms with Crippen LogP contribution in [-0.2, 0) is 26.1 Å². The Bertz CT molecular complexity index is 1160. The van der Waals surface area contributed by atoms with Crippen molar-refractivity contribution in [3.63, 3.8) is 0 Å². The number of hydrogen-bond acceptors (Lipinski definition) is 8. The summed E-state index contributed by atoms with van der Waals surface area (Å²) in [6.07, 6.45) is 3.04. The van der Waals surface area contributed by atoms with E-state index in [1.54, 1.807) is 12.1 Å². The van der Waals surface area contributed by atoms with Crippen LogP contribution in [0.4, 0.5) is 11.4 Å². The topological polar surface area (TPSA) is 119 Å². The van der Waals surface area contributed by atoms with Gasteiger partial charge in [0.05, 0.1) is 39.8 Å². The fraction of sp³-hybridized carbons (Fsp3) is 0.435. The zero-order valence-corrected chi connectivity index (χ0v) is 19.5. The number of nitro groups is 1. The Kier molecular flexibility index (Phi) is 7.44. The number of morpholine rings is 1. The fourth-order valence-corrected chi connectivity index (χ4v) is 5.65. The van der Waals surface area contributed by atoms with E-state index >= 15 is 0 Å². The van der Waals surface area contributed by atoms with Gasteiger partial charge in [-0.1, -0.05) is 12.1 Å². The number of nitro benzene ring substituents is 1. The summed E-state index contributed by atoms with van der Waals surface area (Å²) in [4.78, 5) is 26.0. The number of rotatable bonds is 7. The Labute approximate surface area is 198 Å². The van der Waals surface area contributed by atoms with Gasteiger partial charge >= 0.3 is 5.97 Å². The number of carbonyl (C=O) groups is 1. The van der Waals surface area contributed by atoms with E-state index in [9.17, 15) is 23.3 Å². The second kappa shape index (κ2) is 10.5. The summed E-state index contributed by atoms with van der Waals surface area (Å²) >= 11 is 0. The molecule has 2 aromatic rings. The number of esters is 1. The van der Waals surface area contributed by atoms with Crippen LogP contribution in [0.2, 0.25) is 0 Å². The van der Waals surface area contributed by atoms with Gasteiger partial charge < -0.3 is 14.4 Å². The Balaban J connectivity index is 1.64. The van der Waals surface area contributed by atoms with Gasteiger partial charge in [-0.2, -0.15) is 4.31 Å². The molecule has 10 nitrogen and oxygen atoms in total. The minimum atomic E-state index is -3.81. The molecule has 0 radical (unpaired) electrons. The first kappa shape index (κ1) is 24.1. The van der Waals surface area contributed by atoms with Gasteiger partial charge in [-0.3, -0.25) is 10.1 Å². The number of para-hydroxylation sites is 1. The molecule has 2 saturated heterocycles. The van der Waals surface area contributed by atoms with Crippen LogP contribution in [0.3, 0.4) is 0 Å². The fourth-order valence-electron chi connectivity index (χ4n) is 4.22. The van der Waals surface area contributed by atoms with Crippen LogP contribution >= 0.6 is 0 Å². The molecule has 2 fully saturated rings. The van der Waals surface area contributed by atoms with E-state index in [4.69, 9.17) is 9.47 Å². The van der Waals surface area contributed by atoms with Gasteiger partial charge in [0.1, 0.15) is 6.61 Å². The van der Waals surface area contributed by atoms with Crippen molar-refractivity contribution >= 4 is 27.4 Å². The average Bonchev–Trinajstić information content (AvgIpc) is 2.88. The van der Waals surface area contributed by atoms with Crippen LogP contribution in [-0.4, -0.2) is 63.0 Å². The molecule has 4 rings (SSSR count). The van der Waals surface area contributed by atoms with Gasteiger partial charge in [-0.15, -0.1) is 0 Å². The predicted octanol–water partition coefficient (Wildman–Crippen LogP) is 2.96. The number of sulfonamides is 1. The Hall–Kier alpha value is -3.02. The molecule has 0 aromatic heterocycles. The number of nitrogens with zero attached hydrogens (tertiary/aromatic N) is 3.